The number of benzene rings is 3. The number of tetrazole rings is 1. The van der Waals surface area contributed by atoms with Crippen LogP contribution < -0.4 is 14.6 Å². The molecule has 0 saturated heterocycles. The zero-order valence-electron chi connectivity index (χ0n) is 18.1. The summed E-state index contributed by atoms with van der Waals surface area (Å²) in [5.74, 6) is 1.42. The lowest BCUT2D eigenvalue weighted by Gasteiger charge is -2.16. The molecule has 1 aliphatic rings. The van der Waals surface area contributed by atoms with Crippen LogP contribution in [0.5, 0.6) is 11.5 Å². The molecule has 0 amide bonds. The molecule has 3 aromatic carbocycles. The van der Waals surface area contributed by atoms with E-state index in [0.29, 0.717) is 28.2 Å². The van der Waals surface area contributed by atoms with Crippen molar-refractivity contribution in [1.29, 1.82) is 0 Å². The van der Waals surface area contributed by atoms with Gasteiger partial charge in [0.2, 0.25) is 10.0 Å². The highest BCUT2D eigenvalue weighted by Crippen LogP contribution is 2.45. The highest BCUT2D eigenvalue weighted by molar-refractivity contribution is 7.89. The minimum Gasteiger partial charge on any atom is -0.497 e. The molecule has 0 saturated carbocycles. The van der Waals surface area contributed by atoms with Gasteiger partial charge in [-0.25, -0.2) is 18.2 Å². The summed E-state index contributed by atoms with van der Waals surface area (Å²) in [5.41, 5.74) is 2.89. The molecule has 1 aliphatic heterocycles. The molecule has 0 radical (unpaired) electrons. The molecule has 0 fully saturated rings. The first-order valence-corrected chi connectivity index (χ1v) is 11.9. The molecule has 0 spiro atoms. The fraction of sp³-hybridized carbons (Fsp3) is 0.174. The third kappa shape index (κ3) is 3.89. The highest BCUT2D eigenvalue weighted by atomic mass is 32.2. The van der Waals surface area contributed by atoms with E-state index < -0.39 is 16.1 Å². The number of aliphatic hydroxyl groups is 1. The number of hydrogen-bond acceptors (Lipinski definition) is 8. The van der Waals surface area contributed by atoms with Crippen LogP contribution in [0.1, 0.15) is 17.2 Å². The van der Waals surface area contributed by atoms with Gasteiger partial charge in [0.05, 0.1) is 18.6 Å². The average Bonchev–Trinajstić information content (AvgIpc) is 3.45. The van der Waals surface area contributed by atoms with Gasteiger partial charge in [-0.1, -0.05) is 42.5 Å². The second-order valence-corrected chi connectivity index (χ2v) is 9.31. The van der Waals surface area contributed by atoms with Crippen LogP contribution in [-0.2, 0) is 16.6 Å². The first-order valence-electron chi connectivity index (χ1n) is 10.4. The summed E-state index contributed by atoms with van der Waals surface area (Å²) in [6.45, 7) is 0.401. The Bertz CT molecular complexity index is 1470. The molecule has 10 nitrogen and oxygen atoms in total. The lowest BCUT2D eigenvalue weighted by Crippen LogP contribution is -2.15. The van der Waals surface area contributed by atoms with E-state index in [1.165, 1.54) is 10.7 Å². The number of nitrogens with zero attached hydrogens (tertiary/aromatic N) is 4. The number of aliphatic hydroxyl groups excluding tert-OH is 1. The van der Waals surface area contributed by atoms with Gasteiger partial charge in [-0.05, 0) is 39.8 Å². The molecule has 34 heavy (non-hydrogen) atoms. The van der Waals surface area contributed by atoms with Crippen molar-refractivity contribution in [2.45, 2.75) is 17.5 Å². The van der Waals surface area contributed by atoms with E-state index >= 15 is 0 Å². The van der Waals surface area contributed by atoms with Gasteiger partial charge in [-0.15, -0.1) is 5.10 Å². The normalized spacial score (nSPS) is 15.1. The molecular weight excluding hydrogens is 458 g/mol. The number of hydrogen-bond donors (Lipinski definition) is 2. The maximum Gasteiger partial charge on any atom is 0.238 e. The maximum absolute atomic E-state index is 12.6. The van der Waals surface area contributed by atoms with E-state index in [4.69, 9.17) is 14.6 Å². The predicted molar refractivity (Wildman–Crippen MR) is 123 cm³/mol. The topological polar surface area (TPSA) is 142 Å². The molecule has 174 valence electrons. The molecule has 1 aromatic heterocycles. The van der Waals surface area contributed by atoms with Crippen LogP contribution >= 0.6 is 0 Å². The van der Waals surface area contributed by atoms with Gasteiger partial charge in [-0.3, -0.25) is 0 Å². The molecule has 0 bridgehead atoms. The van der Waals surface area contributed by atoms with Crippen LogP contribution in [0.25, 0.3) is 22.5 Å². The van der Waals surface area contributed by atoms with E-state index in [1.807, 2.05) is 24.3 Å². The first kappa shape index (κ1) is 22.0. The van der Waals surface area contributed by atoms with E-state index in [2.05, 4.69) is 15.5 Å². The van der Waals surface area contributed by atoms with Crippen LogP contribution in [0.2, 0.25) is 0 Å². The summed E-state index contributed by atoms with van der Waals surface area (Å²) in [4.78, 5) is -0.119. The molecule has 2 heterocycles. The molecule has 1 unspecified atom stereocenters. The number of para-hydroxylation sites is 1. The lowest BCUT2D eigenvalue weighted by molar-refractivity contribution is 0.140. The van der Waals surface area contributed by atoms with Gasteiger partial charge in [0.1, 0.15) is 24.2 Å². The largest absolute Gasteiger partial charge is 0.497 e. The van der Waals surface area contributed by atoms with E-state index in [1.54, 1.807) is 37.4 Å². The van der Waals surface area contributed by atoms with E-state index in [0.717, 1.165) is 5.56 Å². The first-order chi connectivity index (χ1) is 16.4. The molecule has 1 atom stereocenters. The third-order valence-electron chi connectivity index (χ3n) is 5.66. The van der Waals surface area contributed by atoms with Gasteiger partial charge >= 0.3 is 0 Å². The summed E-state index contributed by atoms with van der Waals surface area (Å²) < 4.78 is 37.6. The van der Waals surface area contributed by atoms with Crippen molar-refractivity contribution in [2.75, 3.05) is 13.7 Å². The lowest BCUT2D eigenvalue weighted by atomic mass is 9.95. The van der Waals surface area contributed by atoms with Crippen LogP contribution in [0.15, 0.2) is 65.6 Å². The Morgan fingerprint density at radius 1 is 1.12 bits per heavy atom. The molecule has 0 aliphatic carbocycles. The summed E-state index contributed by atoms with van der Waals surface area (Å²) >= 11 is 0. The summed E-state index contributed by atoms with van der Waals surface area (Å²) in [5, 5.41) is 27.9. The number of ether oxygens (including phenoxy) is 2. The molecule has 11 heteroatoms. The zero-order valence-corrected chi connectivity index (χ0v) is 18.9. The molecule has 5 rings (SSSR count). The van der Waals surface area contributed by atoms with Gasteiger partial charge in [0.15, 0.2) is 5.82 Å². The number of aromatic nitrogens is 4. The molecule has 3 N–H and O–H groups in total. The van der Waals surface area contributed by atoms with Crippen molar-refractivity contribution >= 4 is 10.0 Å². The third-order valence-corrected chi connectivity index (χ3v) is 6.61. The number of primary sulfonamides is 1. The Morgan fingerprint density at radius 3 is 2.59 bits per heavy atom. The van der Waals surface area contributed by atoms with Gasteiger partial charge < -0.3 is 14.6 Å². The van der Waals surface area contributed by atoms with Gasteiger partial charge in [-0.2, -0.15) is 0 Å². The van der Waals surface area contributed by atoms with Crippen molar-refractivity contribution in [3.8, 4) is 34.0 Å². The smallest absolute Gasteiger partial charge is 0.238 e. The Balaban J connectivity index is 1.70. The second-order valence-electron chi connectivity index (χ2n) is 7.78. The molecular formula is C23H21N5O5S. The monoisotopic (exact) mass is 479 g/mol. The fourth-order valence-corrected chi connectivity index (χ4v) is 4.81. The van der Waals surface area contributed by atoms with Gasteiger partial charge in [0.25, 0.3) is 0 Å². The Hall–Kier alpha value is -3.80. The van der Waals surface area contributed by atoms with Gasteiger partial charge in [0, 0.05) is 16.7 Å². The van der Waals surface area contributed by atoms with E-state index in [-0.39, 0.29) is 29.4 Å². The maximum atomic E-state index is 12.6. The van der Waals surface area contributed by atoms with Crippen molar-refractivity contribution in [1.82, 2.24) is 20.2 Å². The van der Waals surface area contributed by atoms with Crippen LogP contribution in [0.3, 0.4) is 0 Å². The van der Waals surface area contributed by atoms with Crippen molar-refractivity contribution in [2.24, 2.45) is 5.14 Å². The Labute approximate surface area is 195 Å². The summed E-state index contributed by atoms with van der Waals surface area (Å²) in [6.07, 6.45) is -0.764. The number of rotatable bonds is 6. The van der Waals surface area contributed by atoms with Crippen molar-refractivity contribution in [3.05, 3.63) is 71.8 Å². The van der Waals surface area contributed by atoms with Crippen LogP contribution in [-0.4, -0.2) is 47.4 Å². The minimum absolute atomic E-state index is 0.117. The number of sulfonamides is 1. The Morgan fingerprint density at radius 2 is 1.85 bits per heavy atom. The summed E-state index contributed by atoms with van der Waals surface area (Å²) in [7, 11) is -2.54. The van der Waals surface area contributed by atoms with Crippen molar-refractivity contribution in [3.63, 3.8) is 0 Å². The predicted octanol–water partition coefficient (Wildman–Crippen LogP) is 2.14. The standard InChI is InChI=1S/C23H21N5O5S/c1-32-15-10-8-14(9-11-15)12-28-23(25-26-27-28)21-16(4-3-7-20(21)34(24,30)31)17-5-2-6-18-19(29)13-33-22(17)18/h2-11,19,29H,12-13H2,1H3,(H2,24,30,31). The quantitative estimate of drug-likeness (QED) is 0.428. The summed E-state index contributed by atoms with van der Waals surface area (Å²) in [6, 6.07) is 17.5. The average molecular weight is 480 g/mol. The van der Waals surface area contributed by atoms with Crippen LogP contribution in [0.4, 0.5) is 0 Å². The molecule has 4 aromatic rings. The zero-order chi connectivity index (χ0) is 23.9. The highest BCUT2D eigenvalue weighted by Gasteiger charge is 2.29. The number of nitrogens with two attached hydrogens (primary N) is 1. The second kappa shape index (κ2) is 8.52. The number of methoxy groups -OCH3 is 1. The van der Waals surface area contributed by atoms with Crippen LogP contribution in [0, 0.1) is 0 Å². The SMILES string of the molecule is COc1ccc(Cn2nnnc2-c2c(-c3cccc4c3OCC4O)cccc2S(N)(=O)=O)cc1. The number of fused-ring (bicyclic) bond motifs is 1. The van der Waals surface area contributed by atoms with Crippen molar-refractivity contribution < 1.29 is 23.0 Å². The van der Waals surface area contributed by atoms with E-state index in [9.17, 15) is 13.5 Å². The fourth-order valence-electron chi connectivity index (χ4n) is 4.06. The Kier molecular flexibility index (Phi) is 5.52. The minimum atomic E-state index is -4.13.